The van der Waals surface area contributed by atoms with E-state index in [2.05, 4.69) is 15.3 Å². The van der Waals surface area contributed by atoms with Crippen LogP contribution in [0.15, 0.2) is 18.6 Å². The third-order valence-corrected chi connectivity index (χ3v) is 2.94. The minimum absolute atomic E-state index is 0.367. The summed E-state index contributed by atoms with van der Waals surface area (Å²) in [5.41, 5.74) is 1.03. The maximum absolute atomic E-state index is 5.42. The molecule has 4 nitrogen and oxygen atoms in total. The third kappa shape index (κ3) is 2.73. The minimum atomic E-state index is 0.367. The Balaban J connectivity index is 1.83. The Hall–Kier alpha value is -1.00. The SMILES string of the molecule is COC1CCCC1NCc1ccncn1. The third-order valence-electron chi connectivity index (χ3n) is 2.94. The molecule has 1 N–H and O–H groups in total. The Morgan fingerprint density at radius 3 is 3.20 bits per heavy atom. The molecule has 4 heteroatoms. The fraction of sp³-hybridized carbons (Fsp3) is 0.636. The van der Waals surface area contributed by atoms with Crippen LogP contribution in [-0.2, 0) is 11.3 Å². The second-order valence-corrected chi connectivity index (χ2v) is 3.89. The van der Waals surface area contributed by atoms with Gasteiger partial charge in [-0.2, -0.15) is 0 Å². The van der Waals surface area contributed by atoms with Crippen LogP contribution in [0.5, 0.6) is 0 Å². The zero-order chi connectivity index (χ0) is 10.5. The van der Waals surface area contributed by atoms with Crippen LogP contribution in [0.4, 0.5) is 0 Å². The first-order valence-electron chi connectivity index (χ1n) is 5.41. The van der Waals surface area contributed by atoms with E-state index in [1.807, 2.05) is 6.07 Å². The van der Waals surface area contributed by atoms with Gasteiger partial charge in [-0.15, -0.1) is 0 Å². The van der Waals surface area contributed by atoms with Gasteiger partial charge in [0.25, 0.3) is 0 Å². The summed E-state index contributed by atoms with van der Waals surface area (Å²) >= 11 is 0. The van der Waals surface area contributed by atoms with Crippen molar-refractivity contribution in [1.29, 1.82) is 0 Å². The van der Waals surface area contributed by atoms with Crippen molar-refractivity contribution < 1.29 is 4.74 Å². The monoisotopic (exact) mass is 207 g/mol. The number of hydrogen-bond acceptors (Lipinski definition) is 4. The first-order chi connectivity index (χ1) is 7.40. The standard InChI is InChI=1S/C11H17N3O/c1-15-11-4-2-3-10(11)13-7-9-5-6-12-8-14-9/h5-6,8,10-11,13H,2-4,7H2,1H3. The highest BCUT2D eigenvalue weighted by Crippen LogP contribution is 2.21. The summed E-state index contributed by atoms with van der Waals surface area (Å²) in [6.07, 6.45) is 7.33. The van der Waals surface area contributed by atoms with Crippen LogP contribution in [0.25, 0.3) is 0 Å². The van der Waals surface area contributed by atoms with Gasteiger partial charge in [0.1, 0.15) is 6.33 Å². The molecule has 1 fully saturated rings. The molecule has 0 aliphatic heterocycles. The number of aromatic nitrogens is 2. The summed E-state index contributed by atoms with van der Waals surface area (Å²) in [7, 11) is 1.79. The Morgan fingerprint density at radius 2 is 2.47 bits per heavy atom. The van der Waals surface area contributed by atoms with Gasteiger partial charge in [0.2, 0.25) is 0 Å². The quantitative estimate of drug-likeness (QED) is 0.804. The molecule has 1 heterocycles. The first kappa shape index (κ1) is 10.5. The lowest BCUT2D eigenvalue weighted by atomic mass is 10.2. The van der Waals surface area contributed by atoms with Gasteiger partial charge in [-0.25, -0.2) is 9.97 Å². The van der Waals surface area contributed by atoms with Crippen LogP contribution in [0.3, 0.4) is 0 Å². The number of nitrogens with one attached hydrogen (secondary N) is 1. The van der Waals surface area contributed by atoms with E-state index in [0.29, 0.717) is 12.1 Å². The van der Waals surface area contributed by atoms with E-state index in [1.165, 1.54) is 12.8 Å². The number of rotatable bonds is 4. The van der Waals surface area contributed by atoms with Crippen molar-refractivity contribution in [3.8, 4) is 0 Å². The lowest BCUT2D eigenvalue weighted by Crippen LogP contribution is -2.36. The van der Waals surface area contributed by atoms with E-state index in [4.69, 9.17) is 4.74 Å². The van der Waals surface area contributed by atoms with Crippen molar-refractivity contribution in [1.82, 2.24) is 15.3 Å². The Morgan fingerprint density at radius 1 is 1.53 bits per heavy atom. The normalized spacial score (nSPS) is 25.7. The Kier molecular flexibility index (Phi) is 3.64. The van der Waals surface area contributed by atoms with Crippen molar-refractivity contribution in [3.63, 3.8) is 0 Å². The van der Waals surface area contributed by atoms with Gasteiger partial charge in [-0.1, -0.05) is 0 Å². The molecule has 1 saturated carbocycles. The van der Waals surface area contributed by atoms with Crippen LogP contribution in [0, 0.1) is 0 Å². The second-order valence-electron chi connectivity index (χ2n) is 3.89. The molecule has 0 aromatic carbocycles. The van der Waals surface area contributed by atoms with Crippen molar-refractivity contribution in [2.45, 2.75) is 38.0 Å². The molecule has 2 rings (SSSR count). The molecular formula is C11H17N3O. The predicted molar refractivity (Wildman–Crippen MR) is 57.3 cm³/mol. The summed E-state index contributed by atoms with van der Waals surface area (Å²) < 4.78 is 5.42. The lowest BCUT2D eigenvalue weighted by molar-refractivity contribution is 0.0846. The van der Waals surface area contributed by atoms with Crippen molar-refractivity contribution in [2.75, 3.05) is 7.11 Å². The van der Waals surface area contributed by atoms with Gasteiger partial charge in [-0.05, 0) is 25.3 Å². The van der Waals surface area contributed by atoms with Gasteiger partial charge in [0.15, 0.2) is 0 Å². The smallest absolute Gasteiger partial charge is 0.115 e. The highest BCUT2D eigenvalue weighted by atomic mass is 16.5. The van der Waals surface area contributed by atoms with Gasteiger partial charge in [0, 0.05) is 25.9 Å². The molecule has 1 aromatic rings. The topological polar surface area (TPSA) is 47.0 Å². The fourth-order valence-electron chi connectivity index (χ4n) is 2.10. The van der Waals surface area contributed by atoms with Crippen molar-refractivity contribution in [2.24, 2.45) is 0 Å². The van der Waals surface area contributed by atoms with E-state index in [-0.39, 0.29) is 0 Å². The van der Waals surface area contributed by atoms with E-state index >= 15 is 0 Å². The molecule has 0 spiro atoms. The summed E-state index contributed by atoms with van der Waals surface area (Å²) in [4.78, 5) is 8.07. The molecule has 2 unspecified atom stereocenters. The first-order valence-corrected chi connectivity index (χ1v) is 5.41. The number of methoxy groups -OCH3 is 1. The Bertz CT molecular complexity index is 291. The molecule has 0 saturated heterocycles. The van der Waals surface area contributed by atoms with Gasteiger partial charge in [-0.3, -0.25) is 0 Å². The summed E-state index contributed by atoms with van der Waals surface area (Å²) in [6.45, 7) is 0.799. The van der Waals surface area contributed by atoms with E-state index in [9.17, 15) is 0 Å². The Labute approximate surface area is 90.1 Å². The molecule has 2 atom stereocenters. The van der Waals surface area contributed by atoms with Gasteiger partial charge < -0.3 is 10.1 Å². The molecule has 0 bridgehead atoms. The average Bonchev–Trinajstić information content (AvgIpc) is 2.75. The van der Waals surface area contributed by atoms with E-state index in [0.717, 1.165) is 18.7 Å². The molecule has 15 heavy (non-hydrogen) atoms. The fourth-order valence-corrected chi connectivity index (χ4v) is 2.10. The van der Waals surface area contributed by atoms with Crippen molar-refractivity contribution in [3.05, 3.63) is 24.3 Å². The zero-order valence-corrected chi connectivity index (χ0v) is 9.02. The maximum atomic E-state index is 5.42. The van der Waals surface area contributed by atoms with Crippen molar-refractivity contribution >= 4 is 0 Å². The molecule has 0 amide bonds. The number of hydrogen-bond donors (Lipinski definition) is 1. The minimum Gasteiger partial charge on any atom is -0.380 e. The predicted octanol–water partition coefficient (Wildman–Crippen LogP) is 1.13. The van der Waals surface area contributed by atoms with E-state index in [1.54, 1.807) is 19.6 Å². The van der Waals surface area contributed by atoms with Crippen LogP contribution in [-0.4, -0.2) is 29.2 Å². The average molecular weight is 207 g/mol. The van der Waals surface area contributed by atoms with Crippen LogP contribution in [0.1, 0.15) is 25.0 Å². The van der Waals surface area contributed by atoms with Gasteiger partial charge >= 0.3 is 0 Å². The molecule has 1 aliphatic carbocycles. The largest absolute Gasteiger partial charge is 0.380 e. The van der Waals surface area contributed by atoms with Crippen LogP contribution in [0.2, 0.25) is 0 Å². The second kappa shape index (κ2) is 5.19. The van der Waals surface area contributed by atoms with Crippen LogP contribution >= 0.6 is 0 Å². The number of nitrogens with zero attached hydrogens (tertiary/aromatic N) is 2. The molecule has 82 valence electrons. The number of ether oxygens (including phenoxy) is 1. The molecular weight excluding hydrogens is 190 g/mol. The molecule has 1 aliphatic rings. The van der Waals surface area contributed by atoms with Gasteiger partial charge in [0.05, 0.1) is 11.8 Å². The molecule has 1 aromatic heterocycles. The summed E-state index contributed by atoms with van der Waals surface area (Å²) in [5, 5.41) is 3.48. The highest BCUT2D eigenvalue weighted by molar-refractivity contribution is 4.98. The van der Waals surface area contributed by atoms with Crippen LogP contribution < -0.4 is 5.32 Å². The summed E-state index contributed by atoms with van der Waals surface area (Å²) in [5.74, 6) is 0. The zero-order valence-electron chi connectivity index (χ0n) is 9.02. The summed E-state index contributed by atoms with van der Waals surface area (Å²) in [6, 6.07) is 2.41. The highest BCUT2D eigenvalue weighted by Gasteiger charge is 2.26. The van der Waals surface area contributed by atoms with E-state index < -0.39 is 0 Å². The maximum Gasteiger partial charge on any atom is 0.115 e. The molecule has 0 radical (unpaired) electrons. The lowest BCUT2D eigenvalue weighted by Gasteiger charge is -2.19.